The predicted molar refractivity (Wildman–Crippen MR) is 86.7 cm³/mol. The SMILES string of the molecule is CCCCCCCCC=CCCCCCCCOC. The van der Waals surface area contributed by atoms with Crippen LogP contribution in [0.1, 0.15) is 90.4 Å². The van der Waals surface area contributed by atoms with Gasteiger partial charge in [0, 0.05) is 13.7 Å². The molecule has 0 radical (unpaired) electrons. The van der Waals surface area contributed by atoms with Gasteiger partial charge in [0.25, 0.3) is 0 Å². The fourth-order valence-electron chi connectivity index (χ4n) is 2.32. The van der Waals surface area contributed by atoms with Crippen molar-refractivity contribution < 1.29 is 4.74 Å². The zero-order valence-corrected chi connectivity index (χ0v) is 13.5. The first kappa shape index (κ1) is 18.7. The number of unbranched alkanes of at least 4 members (excludes halogenated alkanes) is 11. The Morgan fingerprint density at radius 2 is 1.11 bits per heavy atom. The van der Waals surface area contributed by atoms with Gasteiger partial charge < -0.3 is 4.74 Å². The molecule has 0 unspecified atom stereocenters. The standard InChI is InChI=1S/C18H36O/c1-3-4-5-6-7-8-9-10-11-12-13-14-15-16-17-18-19-2/h10-11H,3-9,12-18H2,1-2H3. The Balaban J connectivity index is 3.01. The van der Waals surface area contributed by atoms with E-state index in [4.69, 9.17) is 4.74 Å². The molecule has 0 N–H and O–H groups in total. The average molecular weight is 268 g/mol. The van der Waals surface area contributed by atoms with Crippen LogP contribution >= 0.6 is 0 Å². The van der Waals surface area contributed by atoms with Crippen molar-refractivity contribution in [2.24, 2.45) is 0 Å². The van der Waals surface area contributed by atoms with Crippen LogP contribution in [0.4, 0.5) is 0 Å². The topological polar surface area (TPSA) is 9.23 Å². The van der Waals surface area contributed by atoms with Gasteiger partial charge in [-0.25, -0.2) is 0 Å². The molecule has 0 fully saturated rings. The third-order valence-electron chi connectivity index (χ3n) is 3.61. The Morgan fingerprint density at radius 1 is 0.632 bits per heavy atom. The Kier molecular flexibility index (Phi) is 17.4. The van der Waals surface area contributed by atoms with E-state index in [0.29, 0.717) is 0 Å². The van der Waals surface area contributed by atoms with E-state index in [1.807, 2.05) is 0 Å². The van der Waals surface area contributed by atoms with E-state index in [9.17, 15) is 0 Å². The van der Waals surface area contributed by atoms with Gasteiger partial charge in [-0.3, -0.25) is 0 Å². The fraction of sp³-hybridized carbons (Fsp3) is 0.889. The van der Waals surface area contributed by atoms with Gasteiger partial charge in [0.15, 0.2) is 0 Å². The lowest BCUT2D eigenvalue weighted by Crippen LogP contribution is -1.87. The molecule has 1 heteroatoms. The quantitative estimate of drug-likeness (QED) is 0.251. The van der Waals surface area contributed by atoms with E-state index in [1.54, 1.807) is 7.11 Å². The Labute approximate surface area is 121 Å². The van der Waals surface area contributed by atoms with Crippen molar-refractivity contribution in [1.29, 1.82) is 0 Å². The summed E-state index contributed by atoms with van der Waals surface area (Å²) in [5, 5.41) is 0. The molecular formula is C18H36O. The van der Waals surface area contributed by atoms with Crippen LogP contribution in [0.3, 0.4) is 0 Å². The molecule has 0 spiro atoms. The molecule has 0 aliphatic carbocycles. The Bertz CT molecular complexity index is 175. The molecule has 1 nitrogen and oxygen atoms in total. The molecule has 0 amide bonds. The van der Waals surface area contributed by atoms with Gasteiger partial charge in [-0.1, -0.05) is 70.4 Å². The van der Waals surface area contributed by atoms with Crippen molar-refractivity contribution >= 4 is 0 Å². The number of hydrogen-bond acceptors (Lipinski definition) is 1. The van der Waals surface area contributed by atoms with Crippen molar-refractivity contribution in [2.45, 2.75) is 90.4 Å². The number of methoxy groups -OCH3 is 1. The molecule has 0 saturated carbocycles. The average Bonchev–Trinajstić information content (AvgIpc) is 2.43. The molecule has 0 aromatic rings. The van der Waals surface area contributed by atoms with Crippen LogP contribution in [-0.2, 0) is 4.74 Å². The van der Waals surface area contributed by atoms with E-state index in [0.717, 1.165) is 6.61 Å². The highest BCUT2D eigenvalue weighted by molar-refractivity contribution is 4.81. The van der Waals surface area contributed by atoms with E-state index in [-0.39, 0.29) is 0 Å². The second-order valence-corrected chi connectivity index (χ2v) is 5.58. The first-order valence-corrected chi connectivity index (χ1v) is 8.55. The third-order valence-corrected chi connectivity index (χ3v) is 3.61. The molecule has 0 aromatic carbocycles. The maximum atomic E-state index is 5.04. The van der Waals surface area contributed by atoms with Crippen LogP contribution < -0.4 is 0 Å². The summed E-state index contributed by atoms with van der Waals surface area (Å²) in [6.45, 7) is 3.21. The van der Waals surface area contributed by atoms with Gasteiger partial charge in [0.05, 0.1) is 0 Å². The van der Waals surface area contributed by atoms with Gasteiger partial charge >= 0.3 is 0 Å². The predicted octanol–water partition coefficient (Wildman–Crippen LogP) is 6.28. The van der Waals surface area contributed by atoms with E-state index in [1.165, 1.54) is 83.5 Å². The van der Waals surface area contributed by atoms with Gasteiger partial charge in [-0.15, -0.1) is 0 Å². The summed E-state index contributed by atoms with van der Waals surface area (Å²) >= 11 is 0. The zero-order valence-electron chi connectivity index (χ0n) is 13.5. The van der Waals surface area contributed by atoms with Crippen molar-refractivity contribution in [2.75, 3.05) is 13.7 Å². The fourth-order valence-corrected chi connectivity index (χ4v) is 2.32. The summed E-state index contributed by atoms with van der Waals surface area (Å²) in [6.07, 6.45) is 22.5. The second kappa shape index (κ2) is 17.7. The van der Waals surface area contributed by atoms with Gasteiger partial charge in [0.1, 0.15) is 0 Å². The monoisotopic (exact) mass is 268 g/mol. The number of hydrogen-bond donors (Lipinski definition) is 0. The molecule has 0 aliphatic rings. The van der Waals surface area contributed by atoms with Crippen LogP contribution in [0.2, 0.25) is 0 Å². The van der Waals surface area contributed by atoms with E-state index < -0.39 is 0 Å². The highest BCUT2D eigenvalue weighted by Gasteiger charge is 1.90. The van der Waals surface area contributed by atoms with Gasteiger partial charge in [-0.05, 0) is 32.1 Å². The second-order valence-electron chi connectivity index (χ2n) is 5.58. The lowest BCUT2D eigenvalue weighted by atomic mass is 10.1. The van der Waals surface area contributed by atoms with Crippen molar-refractivity contribution in [3.63, 3.8) is 0 Å². The zero-order chi connectivity index (χ0) is 14.0. The number of allylic oxidation sites excluding steroid dienone is 2. The number of rotatable bonds is 15. The number of ether oxygens (including phenoxy) is 1. The van der Waals surface area contributed by atoms with Crippen LogP contribution in [0, 0.1) is 0 Å². The largest absolute Gasteiger partial charge is 0.385 e. The van der Waals surface area contributed by atoms with Crippen molar-refractivity contribution in [3.05, 3.63) is 12.2 Å². The molecule has 0 atom stereocenters. The van der Waals surface area contributed by atoms with E-state index in [2.05, 4.69) is 19.1 Å². The lowest BCUT2D eigenvalue weighted by Gasteiger charge is -1.99. The Hall–Kier alpha value is -0.300. The maximum absolute atomic E-state index is 5.04. The minimum absolute atomic E-state index is 0.929. The smallest absolute Gasteiger partial charge is 0.0462 e. The maximum Gasteiger partial charge on any atom is 0.0462 e. The summed E-state index contributed by atoms with van der Waals surface area (Å²) in [7, 11) is 1.79. The molecule has 0 bridgehead atoms. The van der Waals surface area contributed by atoms with Crippen molar-refractivity contribution in [1.82, 2.24) is 0 Å². The van der Waals surface area contributed by atoms with Crippen LogP contribution in [-0.4, -0.2) is 13.7 Å². The normalized spacial score (nSPS) is 11.5. The first-order valence-electron chi connectivity index (χ1n) is 8.55. The third kappa shape index (κ3) is 17.7. The van der Waals surface area contributed by atoms with Crippen LogP contribution in [0.15, 0.2) is 12.2 Å². The molecule has 114 valence electrons. The van der Waals surface area contributed by atoms with E-state index >= 15 is 0 Å². The summed E-state index contributed by atoms with van der Waals surface area (Å²) in [4.78, 5) is 0. The lowest BCUT2D eigenvalue weighted by molar-refractivity contribution is 0.192. The summed E-state index contributed by atoms with van der Waals surface area (Å²) in [5.74, 6) is 0. The molecule has 0 saturated heterocycles. The van der Waals surface area contributed by atoms with Gasteiger partial charge in [0.2, 0.25) is 0 Å². The van der Waals surface area contributed by atoms with Crippen LogP contribution in [0.5, 0.6) is 0 Å². The van der Waals surface area contributed by atoms with Crippen LogP contribution in [0.25, 0.3) is 0 Å². The minimum Gasteiger partial charge on any atom is -0.385 e. The Morgan fingerprint density at radius 3 is 1.63 bits per heavy atom. The molecular weight excluding hydrogens is 232 g/mol. The summed E-state index contributed by atoms with van der Waals surface area (Å²) in [6, 6.07) is 0. The summed E-state index contributed by atoms with van der Waals surface area (Å²) < 4.78 is 5.04. The molecule has 0 aromatic heterocycles. The molecule has 19 heavy (non-hydrogen) atoms. The first-order chi connectivity index (χ1) is 9.41. The molecule has 0 rings (SSSR count). The molecule has 0 heterocycles. The summed E-state index contributed by atoms with van der Waals surface area (Å²) in [5.41, 5.74) is 0. The highest BCUT2D eigenvalue weighted by Crippen LogP contribution is 2.09. The minimum atomic E-state index is 0.929. The van der Waals surface area contributed by atoms with Crippen molar-refractivity contribution in [3.8, 4) is 0 Å². The highest BCUT2D eigenvalue weighted by atomic mass is 16.5. The van der Waals surface area contributed by atoms with Gasteiger partial charge in [-0.2, -0.15) is 0 Å². The molecule has 0 aliphatic heterocycles.